The predicted octanol–water partition coefficient (Wildman–Crippen LogP) is 2.19. The second-order valence-electron chi connectivity index (χ2n) is 5.46. The van der Waals surface area contributed by atoms with Crippen LogP contribution in [0.2, 0.25) is 0 Å². The number of aliphatic carboxylic acids is 1. The molecule has 0 aliphatic carbocycles. The van der Waals surface area contributed by atoms with Crippen LogP contribution in [0.3, 0.4) is 0 Å². The molecule has 0 bridgehead atoms. The van der Waals surface area contributed by atoms with Crippen molar-refractivity contribution in [3.05, 3.63) is 23.9 Å². The number of nitrogens with one attached hydrogen (secondary N) is 1. The van der Waals surface area contributed by atoms with Gasteiger partial charge in [0.05, 0.1) is 4.90 Å². The number of pyridine rings is 1. The third kappa shape index (κ3) is 4.30. The number of hydrogen-bond donors (Lipinski definition) is 2. The maximum atomic E-state index is 11.9. The highest BCUT2D eigenvalue weighted by Gasteiger charge is 2.17. The van der Waals surface area contributed by atoms with E-state index in [1.807, 2.05) is 6.08 Å². The lowest BCUT2D eigenvalue weighted by Gasteiger charge is -2.10. The van der Waals surface area contributed by atoms with Gasteiger partial charge < -0.3 is 10.4 Å². The normalized spacial score (nSPS) is 20.0. The van der Waals surface area contributed by atoms with Gasteiger partial charge in [0.1, 0.15) is 5.82 Å². The van der Waals surface area contributed by atoms with E-state index in [1.165, 1.54) is 18.5 Å². The van der Waals surface area contributed by atoms with Crippen molar-refractivity contribution in [1.29, 1.82) is 0 Å². The molecule has 0 spiro atoms. The SMILES string of the molecule is CS(=O)(=O)c1ccnc2c1/C=C/C(CCC(=O)O)CCCN2. The van der Waals surface area contributed by atoms with Crippen molar-refractivity contribution in [1.82, 2.24) is 4.98 Å². The Balaban J connectivity index is 2.36. The van der Waals surface area contributed by atoms with Crippen molar-refractivity contribution in [2.75, 3.05) is 18.1 Å². The molecule has 6 nitrogen and oxygen atoms in total. The summed E-state index contributed by atoms with van der Waals surface area (Å²) in [6.45, 7) is 0.679. The monoisotopic (exact) mass is 324 g/mol. The van der Waals surface area contributed by atoms with Crippen molar-refractivity contribution >= 4 is 27.7 Å². The van der Waals surface area contributed by atoms with Crippen molar-refractivity contribution in [3.63, 3.8) is 0 Å². The molecule has 2 rings (SSSR count). The van der Waals surface area contributed by atoms with Gasteiger partial charge in [-0.1, -0.05) is 12.2 Å². The molecule has 2 N–H and O–H groups in total. The second kappa shape index (κ2) is 6.91. The molecule has 1 aliphatic rings. The van der Waals surface area contributed by atoms with Gasteiger partial charge in [-0.15, -0.1) is 0 Å². The van der Waals surface area contributed by atoms with Crippen LogP contribution in [0.1, 0.15) is 31.2 Å². The molecule has 1 aromatic heterocycles. The van der Waals surface area contributed by atoms with Gasteiger partial charge in [-0.3, -0.25) is 4.79 Å². The fraction of sp³-hybridized carbons (Fsp3) is 0.467. The van der Waals surface area contributed by atoms with E-state index in [-0.39, 0.29) is 17.2 Å². The third-order valence-electron chi connectivity index (χ3n) is 3.66. The van der Waals surface area contributed by atoms with Crippen LogP contribution < -0.4 is 5.32 Å². The first kappa shape index (κ1) is 16.5. The number of sulfone groups is 1. The van der Waals surface area contributed by atoms with E-state index < -0.39 is 15.8 Å². The number of hydrogen-bond acceptors (Lipinski definition) is 5. The standard InChI is InChI=1S/C15H20N2O4S/c1-22(20,21)13-8-10-17-15-12(13)6-4-11(3-2-9-16-15)5-7-14(18)19/h4,6,8,10-11H,2-3,5,7,9H2,1H3,(H,16,17)(H,18,19)/b6-4+. The van der Waals surface area contributed by atoms with Crippen LogP contribution >= 0.6 is 0 Å². The number of nitrogens with zero attached hydrogens (tertiary/aromatic N) is 1. The van der Waals surface area contributed by atoms with Gasteiger partial charge in [0.15, 0.2) is 9.84 Å². The van der Waals surface area contributed by atoms with E-state index in [9.17, 15) is 13.2 Å². The van der Waals surface area contributed by atoms with Gasteiger partial charge in [-0.05, 0) is 31.2 Å². The Hall–Kier alpha value is -1.89. The molecule has 22 heavy (non-hydrogen) atoms. The molecule has 2 heterocycles. The fourth-order valence-electron chi connectivity index (χ4n) is 2.53. The van der Waals surface area contributed by atoms with Crippen molar-refractivity contribution < 1.29 is 18.3 Å². The minimum Gasteiger partial charge on any atom is -0.481 e. The number of anilines is 1. The van der Waals surface area contributed by atoms with Crippen LogP contribution in [-0.2, 0) is 14.6 Å². The molecule has 120 valence electrons. The van der Waals surface area contributed by atoms with E-state index >= 15 is 0 Å². The van der Waals surface area contributed by atoms with Crippen molar-refractivity contribution in [2.45, 2.75) is 30.6 Å². The maximum Gasteiger partial charge on any atom is 0.303 e. The summed E-state index contributed by atoms with van der Waals surface area (Å²) >= 11 is 0. The second-order valence-corrected chi connectivity index (χ2v) is 7.45. The van der Waals surface area contributed by atoms with E-state index in [0.717, 1.165) is 12.8 Å². The number of allylic oxidation sites excluding steroid dienone is 1. The van der Waals surface area contributed by atoms with Gasteiger partial charge in [-0.2, -0.15) is 0 Å². The fourth-order valence-corrected chi connectivity index (χ4v) is 3.40. The molecule has 1 atom stereocenters. The molecular weight excluding hydrogens is 304 g/mol. The number of carboxylic acid groups (broad SMARTS) is 1. The first-order chi connectivity index (χ1) is 10.4. The lowest BCUT2D eigenvalue weighted by Crippen LogP contribution is -2.08. The first-order valence-electron chi connectivity index (χ1n) is 7.21. The Morgan fingerprint density at radius 1 is 1.50 bits per heavy atom. The average Bonchev–Trinajstić information content (AvgIpc) is 2.53. The predicted molar refractivity (Wildman–Crippen MR) is 84.5 cm³/mol. The molecule has 1 aromatic rings. The number of carbonyl (C=O) groups is 1. The summed E-state index contributed by atoms with van der Waals surface area (Å²) in [5.74, 6) is -0.139. The molecule has 0 aromatic carbocycles. The first-order valence-corrected chi connectivity index (χ1v) is 9.10. The molecule has 0 amide bonds. The molecule has 1 unspecified atom stereocenters. The zero-order valence-corrected chi connectivity index (χ0v) is 13.3. The van der Waals surface area contributed by atoms with Gasteiger partial charge in [-0.25, -0.2) is 13.4 Å². The lowest BCUT2D eigenvalue weighted by atomic mass is 9.96. The summed E-state index contributed by atoms with van der Waals surface area (Å²) in [6, 6.07) is 1.49. The van der Waals surface area contributed by atoms with E-state index in [0.29, 0.717) is 24.3 Å². The van der Waals surface area contributed by atoms with Crippen LogP contribution in [0.15, 0.2) is 23.2 Å². The van der Waals surface area contributed by atoms with Gasteiger partial charge in [0.25, 0.3) is 0 Å². The summed E-state index contributed by atoms with van der Waals surface area (Å²) in [6.07, 6.45) is 8.71. The quantitative estimate of drug-likeness (QED) is 0.881. The van der Waals surface area contributed by atoms with Crippen LogP contribution in [0.4, 0.5) is 5.82 Å². The summed E-state index contributed by atoms with van der Waals surface area (Å²) in [7, 11) is -3.35. The number of aromatic nitrogens is 1. The Morgan fingerprint density at radius 2 is 2.27 bits per heavy atom. The molecule has 0 radical (unpaired) electrons. The Bertz CT molecular complexity index is 683. The van der Waals surface area contributed by atoms with Crippen LogP contribution in [0.5, 0.6) is 0 Å². The highest BCUT2D eigenvalue weighted by Crippen LogP contribution is 2.27. The average molecular weight is 324 g/mol. The number of carboxylic acids is 1. The van der Waals surface area contributed by atoms with Crippen molar-refractivity contribution in [3.8, 4) is 0 Å². The topological polar surface area (TPSA) is 96.4 Å². The Labute approximate surface area is 130 Å². The van der Waals surface area contributed by atoms with Crippen LogP contribution in [0, 0.1) is 5.92 Å². The van der Waals surface area contributed by atoms with E-state index in [2.05, 4.69) is 10.3 Å². The lowest BCUT2D eigenvalue weighted by molar-refractivity contribution is -0.137. The zero-order chi connectivity index (χ0) is 16.2. The highest BCUT2D eigenvalue weighted by molar-refractivity contribution is 7.90. The largest absolute Gasteiger partial charge is 0.481 e. The van der Waals surface area contributed by atoms with Crippen LogP contribution in [-0.4, -0.2) is 37.3 Å². The minimum atomic E-state index is -3.35. The number of rotatable bonds is 4. The van der Waals surface area contributed by atoms with Crippen LogP contribution in [0.25, 0.3) is 6.08 Å². The zero-order valence-electron chi connectivity index (χ0n) is 12.4. The molecule has 7 heteroatoms. The van der Waals surface area contributed by atoms with Gasteiger partial charge >= 0.3 is 5.97 Å². The van der Waals surface area contributed by atoms with E-state index in [1.54, 1.807) is 6.08 Å². The minimum absolute atomic E-state index is 0.112. The molecule has 1 aliphatic heterocycles. The van der Waals surface area contributed by atoms with E-state index in [4.69, 9.17) is 5.11 Å². The summed E-state index contributed by atoms with van der Waals surface area (Å²) < 4.78 is 23.8. The summed E-state index contributed by atoms with van der Waals surface area (Å²) in [5, 5.41) is 12.0. The molecule has 0 saturated heterocycles. The molecule has 0 fully saturated rings. The Morgan fingerprint density at radius 3 is 2.95 bits per heavy atom. The molecular formula is C15H20N2O4S. The molecule has 0 saturated carbocycles. The third-order valence-corrected chi connectivity index (χ3v) is 4.81. The summed E-state index contributed by atoms with van der Waals surface area (Å²) in [4.78, 5) is 15.2. The van der Waals surface area contributed by atoms with Gasteiger partial charge in [0.2, 0.25) is 0 Å². The number of fused-ring (bicyclic) bond motifs is 1. The maximum absolute atomic E-state index is 11.9. The smallest absolute Gasteiger partial charge is 0.303 e. The van der Waals surface area contributed by atoms with Gasteiger partial charge in [0, 0.05) is 31.0 Å². The Kier molecular flexibility index (Phi) is 5.18. The summed E-state index contributed by atoms with van der Waals surface area (Å²) in [5.41, 5.74) is 0.548. The van der Waals surface area contributed by atoms with Crippen molar-refractivity contribution in [2.24, 2.45) is 5.92 Å². The highest BCUT2D eigenvalue weighted by atomic mass is 32.2.